The number of amides is 1. The van der Waals surface area contributed by atoms with E-state index in [-0.39, 0.29) is 18.6 Å². The molecule has 2 aromatic rings. The van der Waals surface area contributed by atoms with Crippen molar-refractivity contribution >= 4 is 38.9 Å². The summed E-state index contributed by atoms with van der Waals surface area (Å²) in [5, 5.41) is 10.5. The summed E-state index contributed by atoms with van der Waals surface area (Å²) in [6, 6.07) is 7.44. The first-order chi connectivity index (χ1) is 8.56. The van der Waals surface area contributed by atoms with Crippen LogP contribution in [-0.4, -0.2) is 35.6 Å². The Morgan fingerprint density at radius 1 is 1.50 bits per heavy atom. The van der Waals surface area contributed by atoms with E-state index in [1.807, 2.05) is 24.3 Å². The van der Waals surface area contributed by atoms with E-state index in [0.29, 0.717) is 9.90 Å². The third-order valence-corrected chi connectivity index (χ3v) is 4.64. The van der Waals surface area contributed by atoms with Crippen LogP contribution >= 0.6 is 22.9 Å². The predicted molar refractivity (Wildman–Crippen MR) is 75.5 cm³/mol. The van der Waals surface area contributed by atoms with Crippen LogP contribution in [0.3, 0.4) is 0 Å². The van der Waals surface area contributed by atoms with Crippen molar-refractivity contribution in [2.24, 2.45) is 0 Å². The van der Waals surface area contributed by atoms with Gasteiger partial charge in [0, 0.05) is 17.1 Å². The minimum atomic E-state index is -0.223. The molecule has 1 N–H and O–H groups in total. The lowest BCUT2D eigenvalue weighted by Gasteiger charge is -2.22. The fraction of sp³-hybridized carbons (Fsp3) is 0.308. The van der Waals surface area contributed by atoms with Crippen molar-refractivity contribution in [2.75, 3.05) is 13.7 Å². The minimum Gasteiger partial charge on any atom is -0.394 e. The third-order valence-electron chi connectivity index (χ3n) is 2.97. The molecule has 0 radical (unpaired) electrons. The molecule has 18 heavy (non-hydrogen) atoms. The van der Waals surface area contributed by atoms with Gasteiger partial charge in [0.05, 0.1) is 17.7 Å². The Bertz CT molecular complexity index is 581. The maximum Gasteiger partial charge on any atom is 0.265 e. The molecule has 1 heterocycles. The molecule has 0 aliphatic rings. The normalized spacial score (nSPS) is 12.7. The third kappa shape index (κ3) is 2.23. The molecule has 96 valence electrons. The van der Waals surface area contributed by atoms with E-state index in [1.54, 1.807) is 14.0 Å². The Kier molecular flexibility index (Phi) is 3.90. The standard InChI is InChI=1S/C13H14ClNO2S/c1-8(7-16)15(2)13(17)12-11(14)9-5-3-4-6-10(9)18-12/h3-6,8,16H,7H2,1-2H3. The summed E-state index contributed by atoms with van der Waals surface area (Å²) >= 11 is 7.63. The highest BCUT2D eigenvalue weighted by molar-refractivity contribution is 7.21. The molecular formula is C13H14ClNO2S. The lowest BCUT2D eigenvalue weighted by molar-refractivity contribution is 0.0687. The van der Waals surface area contributed by atoms with Crippen LogP contribution in [0, 0.1) is 0 Å². The molecule has 1 unspecified atom stereocenters. The van der Waals surface area contributed by atoms with Crippen LogP contribution in [0.25, 0.3) is 10.1 Å². The highest BCUT2D eigenvalue weighted by atomic mass is 35.5. The number of rotatable bonds is 3. The number of likely N-dealkylation sites (N-methyl/N-ethyl adjacent to an activating group) is 1. The van der Waals surface area contributed by atoms with Gasteiger partial charge in [-0.05, 0) is 13.0 Å². The molecule has 2 rings (SSSR count). The fourth-order valence-electron chi connectivity index (χ4n) is 1.63. The zero-order valence-electron chi connectivity index (χ0n) is 10.2. The number of thiophene rings is 1. The highest BCUT2D eigenvalue weighted by Crippen LogP contribution is 2.35. The van der Waals surface area contributed by atoms with Gasteiger partial charge in [-0.15, -0.1) is 11.3 Å². The van der Waals surface area contributed by atoms with Gasteiger partial charge in [-0.3, -0.25) is 4.79 Å². The van der Waals surface area contributed by atoms with E-state index >= 15 is 0 Å². The van der Waals surface area contributed by atoms with Crippen LogP contribution < -0.4 is 0 Å². The topological polar surface area (TPSA) is 40.5 Å². The SMILES string of the molecule is CC(CO)N(C)C(=O)c1sc2ccccc2c1Cl. The molecule has 1 aromatic heterocycles. The number of aliphatic hydroxyl groups excluding tert-OH is 1. The van der Waals surface area contributed by atoms with Gasteiger partial charge in [-0.1, -0.05) is 29.8 Å². The van der Waals surface area contributed by atoms with Gasteiger partial charge in [-0.2, -0.15) is 0 Å². The van der Waals surface area contributed by atoms with Gasteiger partial charge in [0.1, 0.15) is 4.88 Å². The largest absolute Gasteiger partial charge is 0.394 e. The Morgan fingerprint density at radius 2 is 2.17 bits per heavy atom. The highest BCUT2D eigenvalue weighted by Gasteiger charge is 2.22. The summed E-state index contributed by atoms with van der Waals surface area (Å²) in [5.41, 5.74) is 0. The van der Waals surface area contributed by atoms with Crippen LogP contribution in [0.5, 0.6) is 0 Å². The quantitative estimate of drug-likeness (QED) is 0.941. The average molecular weight is 284 g/mol. The molecule has 3 nitrogen and oxygen atoms in total. The Hall–Kier alpha value is -1.10. The van der Waals surface area contributed by atoms with Gasteiger partial charge in [0.15, 0.2) is 0 Å². The van der Waals surface area contributed by atoms with E-state index in [0.717, 1.165) is 10.1 Å². The summed E-state index contributed by atoms with van der Waals surface area (Å²) < 4.78 is 0.996. The van der Waals surface area contributed by atoms with Crippen molar-refractivity contribution in [3.63, 3.8) is 0 Å². The molecule has 5 heteroatoms. The van der Waals surface area contributed by atoms with Gasteiger partial charge in [0.25, 0.3) is 5.91 Å². The lowest BCUT2D eigenvalue weighted by Crippen LogP contribution is -2.37. The molecule has 1 aromatic carbocycles. The molecular weight excluding hydrogens is 270 g/mol. The van der Waals surface area contributed by atoms with E-state index in [4.69, 9.17) is 16.7 Å². The van der Waals surface area contributed by atoms with Crippen LogP contribution in [-0.2, 0) is 0 Å². The van der Waals surface area contributed by atoms with Gasteiger partial charge >= 0.3 is 0 Å². The predicted octanol–water partition coefficient (Wildman–Crippen LogP) is 3.01. The van der Waals surface area contributed by atoms with Gasteiger partial charge in [-0.25, -0.2) is 0 Å². The number of benzene rings is 1. The average Bonchev–Trinajstić information content (AvgIpc) is 2.74. The number of carbonyl (C=O) groups is 1. The first-order valence-corrected chi connectivity index (χ1v) is 6.80. The molecule has 0 saturated heterocycles. The zero-order chi connectivity index (χ0) is 13.3. The van der Waals surface area contributed by atoms with E-state index in [2.05, 4.69) is 0 Å². The monoisotopic (exact) mass is 283 g/mol. The number of halogens is 1. The maximum atomic E-state index is 12.3. The Balaban J connectivity index is 2.42. The molecule has 0 aliphatic heterocycles. The van der Waals surface area contributed by atoms with Crippen molar-refractivity contribution in [3.05, 3.63) is 34.2 Å². The van der Waals surface area contributed by atoms with Crippen molar-refractivity contribution in [1.29, 1.82) is 0 Å². The van der Waals surface area contributed by atoms with Crippen molar-refractivity contribution in [1.82, 2.24) is 4.90 Å². The summed E-state index contributed by atoms with van der Waals surface area (Å²) in [6.45, 7) is 1.73. The Morgan fingerprint density at radius 3 is 2.78 bits per heavy atom. The summed E-state index contributed by atoms with van der Waals surface area (Å²) in [4.78, 5) is 14.3. The van der Waals surface area contributed by atoms with Crippen LogP contribution in [0.4, 0.5) is 0 Å². The van der Waals surface area contributed by atoms with E-state index in [9.17, 15) is 4.79 Å². The molecule has 0 fully saturated rings. The second-order valence-electron chi connectivity index (χ2n) is 4.19. The number of hydrogen-bond donors (Lipinski definition) is 1. The smallest absolute Gasteiger partial charge is 0.265 e. The maximum absolute atomic E-state index is 12.3. The first kappa shape index (κ1) is 13.3. The summed E-state index contributed by atoms with van der Waals surface area (Å²) in [5.74, 6) is -0.150. The van der Waals surface area contributed by atoms with E-state index < -0.39 is 0 Å². The molecule has 0 aliphatic carbocycles. The molecule has 0 spiro atoms. The molecule has 1 amide bonds. The number of nitrogens with zero attached hydrogens (tertiary/aromatic N) is 1. The summed E-state index contributed by atoms with van der Waals surface area (Å²) in [7, 11) is 1.67. The number of hydrogen-bond acceptors (Lipinski definition) is 3. The van der Waals surface area contributed by atoms with Crippen molar-refractivity contribution in [3.8, 4) is 0 Å². The molecule has 0 bridgehead atoms. The van der Waals surface area contributed by atoms with Crippen LogP contribution in [0.15, 0.2) is 24.3 Å². The van der Waals surface area contributed by atoms with Crippen LogP contribution in [0.1, 0.15) is 16.6 Å². The molecule has 0 saturated carbocycles. The van der Waals surface area contributed by atoms with Crippen molar-refractivity contribution < 1.29 is 9.90 Å². The fourth-order valence-corrected chi connectivity index (χ4v) is 3.13. The van der Waals surface area contributed by atoms with Crippen molar-refractivity contribution in [2.45, 2.75) is 13.0 Å². The number of fused-ring (bicyclic) bond motifs is 1. The number of aliphatic hydroxyl groups is 1. The molecule has 1 atom stereocenters. The second-order valence-corrected chi connectivity index (χ2v) is 5.62. The summed E-state index contributed by atoms with van der Waals surface area (Å²) in [6.07, 6.45) is 0. The number of carbonyl (C=O) groups excluding carboxylic acids is 1. The zero-order valence-corrected chi connectivity index (χ0v) is 11.8. The minimum absolute atomic E-state index is 0.0647. The van der Waals surface area contributed by atoms with E-state index in [1.165, 1.54) is 16.2 Å². The van der Waals surface area contributed by atoms with Crippen LogP contribution in [0.2, 0.25) is 5.02 Å². The second kappa shape index (κ2) is 5.26. The first-order valence-electron chi connectivity index (χ1n) is 5.61. The van der Waals surface area contributed by atoms with Gasteiger partial charge < -0.3 is 10.0 Å². The lowest BCUT2D eigenvalue weighted by atomic mass is 10.2. The Labute approximate surface area is 115 Å². The van der Waals surface area contributed by atoms with Gasteiger partial charge in [0.2, 0.25) is 0 Å².